The van der Waals surface area contributed by atoms with Crippen LogP contribution in [0, 0.1) is 6.92 Å². The zero-order chi connectivity index (χ0) is 13.1. The third-order valence-electron chi connectivity index (χ3n) is 2.48. The van der Waals surface area contributed by atoms with E-state index < -0.39 is 0 Å². The molecule has 18 heavy (non-hydrogen) atoms. The molecular weight excluding hydrogens is 252 g/mol. The Morgan fingerprint density at radius 1 is 1.39 bits per heavy atom. The van der Waals surface area contributed by atoms with E-state index in [1.54, 1.807) is 18.2 Å². The Morgan fingerprint density at radius 3 is 2.78 bits per heavy atom. The Kier molecular flexibility index (Phi) is 3.58. The molecule has 1 amide bonds. The molecule has 0 unspecified atom stereocenters. The van der Waals surface area contributed by atoms with Gasteiger partial charge in [-0.05, 0) is 37.3 Å². The molecule has 0 spiro atoms. The van der Waals surface area contributed by atoms with Crippen molar-refractivity contribution in [3.63, 3.8) is 0 Å². The third kappa shape index (κ3) is 2.84. The quantitative estimate of drug-likeness (QED) is 0.838. The molecule has 2 rings (SSSR count). The molecule has 1 aromatic heterocycles. The van der Waals surface area contributed by atoms with Crippen molar-refractivity contribution < 1.29 is 9.21 Å². The van der Waals surface area contributed by atoms with E-state index in [9.17, 15) is 4.79 Å². The standard InChI is InChI=1S/C13H13ClN2O2/c1-8-2-4-10(18-8)7-16-13(17)9-3-5-12(15)11(14)6-9/h2-6H,7,15H2,1H3,(H,16,17). The minimum Gasteiger partial charge on any atom is -0.465 e. The number of halogens is 1. The fourth-order valence-corrected chi connectivity index (χ4v) is 1.70. The summed E-state index contributed by atoms with van der Waals surface area (Å²) in [5.41, 5.74) is 6.50. The minimum absolute atomic E-state index is 0.217. The number of nitrogen functional groups attached to an aromatic ring is 1. The molecule has 0 aliphatic heterocycles. The predicted molar refractivity (Wildman–Crippen MR) is 70.5 cm³/mol. The lowest BCUT2D eigenvalue weighted by atomic mass is 10.2. The Bertz CT molecular complexity index is 578. The first kappa shape index (κ1) is 12.5. The van der Waals surface area contributed by atoms with E-state index in [2.05, 4.69) is 5.32 Å². The molecule has 0 aliphatic carbocycles. The topological polar surface area (TPSA) is 68.3 Å². The maximum atomic E-state index is 11.8. The van der Waals surface area contributed by atoms with Gasteiger partial charge in [0, 0.05) is 5.56 Å². The molecule has 0 bridgehead atoms. The maximum Gasteiger partial charge on any atom is 0.251 e. The molecule has 0 saturated heterocycles. The first-order chi connectivity index (χ1) is 8.56. The molecule has 5 heteroatoms. The number of furan rings is 1. The Balaban J connectivity index is 2.01. The van der Waals surface area contributed by atoms with Crippen LogP contribution in [0.4, 0.5) is 5.69 Å². The number of aryl methyl sites for hydroxylation is 1. The highest BCUT2D eigenvalue weighted by Gasteiger charge is 2.08. The van der Waals surface area contributed by atoms with Gasteiger partial charge >= 0.3 is 0 Å². The normalized spacial score (nSPS) is 10.3. The SMILES string of the molecule is Cc1ccc(CNC(=O)c2ccc(N)c(Cl)c2)o1. The van der Waals surface area contributed by atoms with Crippen LogP contribution in [0.1, 0.15) is 21.9 Å². The van der Waals surface area contributed by atoms with E-state index in [1.807, 2.05) is 19.1 Å². The van der Waals surface area contributed by atoms with Crippen LogP contribution in [-0.4, -0.2) is 5.91 Å². The van der Waals surface area contributed by atoms with E-state index >= 15 is 0 Å². The van der Waals surface area contributed by atoms with Gasteiger partial charge in [-0.1, -0.05) is 11.6 Å². The van der Waals surface area contributed by atoms with Gasteiger partial charge in [0.2, 0.25) is 0 Å². The van der Waals surface area contributed by atoms with Crippen molar-refractivity contribution in [2.45, 2.75) is 13.5 Å². The van der Waals surface area contributed by atoms with Crippen LogP contribution in [0.25, 0.3) is 0 Å². The molecule has 4 nitrogen and oxygen atoms in total. The van der Waals surface area contributed by atoms with E-state index in [-0.39, 0.29) is 5.91 Å². The van der Waals surface area contributed by atoms with Gasteiger partial charge in [0.15, 0.2) is 0 Å². The molecule has 0 aliphatic rings. The first-order valence-corrected chi connectivity index (χ1v) is 5.82. The number of carbonyl (C=O) groups excluding carboxylic acids is 1. The third-order valence-corrected chi connectivity index (χ3v) is 2.81. The van der Waals surface area contributed by atoms with Gasteiger partial charge in [-0.3, -0.25) is 4.79 Å². The van der Waals surface area contributed by atoms with Crippen LogP contribution in [0.5, 0.6) is 0 Å². The molecule has 3 N–H and O–H groups in total. The fourth-order valence-electron chi connectivity index (χ4n) is 1.52. The first-order valence-electron chi connectivity index (χ1n) is 5.45. The molecule has 0 atom stereocenters. The number of benzene rings is 1. The average molecular weight is 265 g/mol. The largest absolute Gasteiger partial charge is 0.465 e. The highest BCUT2D eigenvalue weighted by molar-refractivity contribution is 6.33. The summed E-state index contributed by atoms with van der Waals surface area (Å²) in [5, 5.41) is 3.11. The second kappa shape index (κ2) is 5.14. The summed E-state index contributed by atoms with van der Waals surface area (Å²) >= 11 is 5.85. The summed E-state index contributed by atoms with van der Waals surface area (Å²) < 4.78 is 5.35. The summed E-state index contributed by atoms with van der Waals surface area (Å²) in [5.74, 6) is 1.31. The van der Waals surface area contributed by atoms with Gasteiger partial charge in [0.25, 0.3) is 5.91 Å². The maximum absolute atomic E-state index is 11.8. The number of hydrogen-bond donors (Lipinski definition) is 2. The highest BCUT2D eigenvalue weighted by Crippen LogP contribution is 2.19. The van der Waals surface area contributed by atoms with Crippen LogP contribution < -0.4 is 11.1 Å². The zero-order valence-corrected chi connectivity index (χ0v) is 10.6. The van der Waals surface area contributed by atoms with E-state index in [0.29, 0.717) is 28.6 Å². The van der Waals surface area contributed by atoms with Gasteiger partial charge in [0.1, 0.15) is 11.5 Å². The number of hydrogen-bond acceptors (Lipinski definition) is 3. The van der Waals surface area contributed by atoms with Crippen molar-refractivity contribution in [3.05, 3.63) is 52.4 Å². The number of amides is 1. The molecule has 2 aromatic rings. The summed E-state index contributed by atoms with van der Waals surface area (Å²) in [4.78, 5) is 11.8. The summed E-state index contributed by atoms with van der Waals surface area (Å²) in [6.07, 6.45) is 0. The average Bonchev–Trinajstić information content (AvgIpc) is 2.75. The number of carbonyl (C=O) groups is 1. The number of nitrogens with two attached hydrogens (primary N) is 1. The Labute approximate surface area is 110 Å². The summed E-state index contributed by atoms with van der Waals surface area (Å²) in [7, 11) is 0. The van der Waals surface area contributed by atoms with Gasteiger partial charge in [-0.25, -0.2) is 0 Å². The van der Waals surface area contributed by atoms with Crippen LogP contribution >= 0.6 is 11.6 Å². The lowest BCUT2D eigenvalue weighted by Gasteiger charge is -2.05. The highest BCUT2D eigenvalue weighted by atomic mass is 35.5. The Morgan fingerprint density at radius 2 is 2.17 bits per heavy atom. The number of anilines is 1. The van der Waals surface area contributed by atoms with E-state index in [0.717, 1.165) is 5.76 Å². The predicted octanol–water partition coefficient (Wildman–Crippen LogP) is 2.75. The van der Waals surface area contributed by atoms with Crippen LogP contribution in [-0.2, 0) is 6.54 Å². The minimum atomic E-state index is -0.217. The summed E-state index contributed by atoms with van der Waals surface area (Å²) in [6.45, 7) is 2.19. The van der Waals surface area contributed by atoms with Gasteiger partial charge in [-0.15, -0.1) is 0 Å². The number of nitrogens with one attached hydrogen (secondary N) is 1. The van der Waals surface area contributed by atoms with Crippen LogP contribution in [0.15, 0.2) is 34.7 Å². The smallest absolute Gasteiger partial charge is 0.251 e. The van der Waals surface area contributed by atoms with Crippen molar-refractivity contribution in [1.82, 2.24) is 5.32 Å². The summed E-state index contributed by atoms with van der Waals surface area (Å²) in [6, 6.07) is 8.45. The lowest BCUT2D eigenvalue weighted by molar-refractivity contribution is 0.0948. The lowest BCUT2D eigenvalue weighted by Crippen LogP contribution is -2.22. The Hall–Kier alpha value is -1.94. The molecule has 1 aromatic carbocycles. The molecular formula is C13H13ClN2O2. The number of rotatable bonds is 3. The van der Waals surface area contributed by atoms with Crippen molar-refractivity contribution in [2.75, 3.05) is 5.73 Å². The second-order valence-corrected chi connectivity index (χ2v) is 4.34. The molecule has 0 fully saturated rings. The van der Waals surface area contributed by atoms with Gasteiger partial charge in [-0.2, -0.15) is 0 Å². The fraction of sp³-hybridized carbons (Fsp3) is 0.154. The van der Waals surface area contributed by atoms with Gasteiger partial charge < -0.3 is 15.5 Å². The van der Waals surface area contributed by atoms with Crippen molar-refractivity contribution >= 4 is 23.2 Å². The van der Waals surface area contributed by atoms with Crippen LogP contribution in [0.3, 0.4) is 0 Å². The monoisotopic (exact) mass is 264 g/mol. The van der Waals surface area contributed by atoms with E-state index in [1.165, 1.54) is 0 Å². The zero-order valence-electron chi connectivity index (χ0n) is 9.87. The molecule has 0 saturated carbocycles. The van der Waals surface area contributed by atoms with Gasteiger partial charge in [0.05, 0.1) is 17.3 Å². The van der Waals surface area contributed by atoms with Crippen molar-refractivity contribution in [2.24, 2.45) is 0 Å². The van der Waals surface area contributed by atoms with Crippen molar-refractivity contribution in [1.29, 1.82) is 0 Å². The van der Waals surface area contributed by atoms with E-state index in [4.69, 9.17) is 21.8 Å². The second-order valence-electron chi connectivity index (χ2n) is 3.93. The molecule has 1 heterocycles. The molecule has 94 valence electrons. The molecule has 0 radical (unpaired) electrons. The van der Waals surface area contributed by atoms with Crippen molar-refractivity contribution in [3.8, 4) is 0 Å². The van der Waals surface area contributed by atoms with Crippen LogP contribution in [0.2, 0.25) is 5.02 Å².